The average Bonchev–Trinajstić information content (AvgIpc) is 2.65. The molecule has 3 rings (SSSR count). The van der Waals surface area contributed by atoms with Crippen LogP contribution in [0.4, 0.5) is 5.69 Å². The number of carbonyl (C=O) groups excluding carboxylic acids is 2. The van der Waals surface area contributed by atoms with E-state index in [1.54, 1.807) is 30.3 Å². The highest BCUT2D eigenvalue weighted by atomic mass is 79.9. The molecule has 142 valence electrons. The molecular formula is C21H22BrClN2O2. The third kappa shape index (κ3) is 4.53. The molecule has 1 saturated heterocycles. The van der Waals surface area contributed by atoms with Crippen molar-refractivity contribution in [1.82, 2.24) is 4.90 Å². The first kappa shape index (κ1) is 19.9. The summed E-state index contributed by atoms with van der Waals surface area (Å²) in [5.41, 5.74) is 2.64. The lowest BCUT2D eigenvalue weighted by molar-refractivity contribution is 0.0635. The van der Waals surface area contributed by atoms with Gasteiger partial charge in [0.15, 0.2) is 0 Å². The maximum atomic E-state index is 12.8. The van der Waals surface area contributed by atoms with Crippen molar-refractivity contribution in [2.45, 2.75) is 39.2 Å². The van der Waals surface area contributed by atoms with Crippen LogP contribution in [-0.4, -0.2) is 29.3 Å². The second kappa shape index (κ2) is 8.44. The molecule has 0 spiro atoms. The molecule has 6 heteroatoms. The van der Waals surface area contributed by atoms with Crippen LogP contribution in [0.25, 0.3) is 0 Å². The standard InChI is InChI=1S/C21H22BrClN2O2/c1-13-11-15(21(27)25-10-4-3-5-14(25)2)6-9-19(13)24-20(26)17-12-16(23)7-8-18(17)22/h6-9,11-12,14H,3-5,10H2,1-2H3,(H,24,26). The van der Waals surface area contributed by atoms with Gasteiger partial charge in [0.05, 0.1) is 5.56 Å². The summed E-state index contributed by atoms with van der Waals surface area (Å²) in [4.78, 5) is 27.3. The molecule has 27 heavy (non-hydrogen) atoms. The van der Waals surface area contributed by atoms with Crippen molar-refractivity contribution in [1.29, 1.82) is 0 Å². The van der Waals surface area contributed by atoms with Crippen molar-refractivity contribution in [3.63, 3.8) is 0 Å². The van der Waals surface area contributed by atoms with E-state index in [4.69, 9.17) is 11.6 Å². The number of rotatable bonds is 3. The molecule has 1 aliphatic heterocycles. The van der Waals surface area contributed by atoms with Crippen LogP contribution in [-0.2, 0) is 0 Å². The number of benzene rings is 2. The summed E-state index contributed by atoms with van der Waals surface area (Å²) in [5.74, 6) is -0.197. The topological polar surface area (TPSA) is 49.4 Å². The molecule has 1 atom stereocenters. The Balaban J connectivity index is 1.77. The monoisotopic (exact) mass is 448 g/mol. The predicted molar refractivity (Wildman–Crippen MR) is 113 cm³/mol. The predicted octanol–water partition coefficient (Wildman–Crippen LogP) is 5.68. The molecule has 1 fully saturated rings. The van der Waals surface area contributed by atoms with Crippen molar-refractivity contribution in [2.24, 2.45) is 0 Å². The van der Waals surface area contributed by atoms with E-state index in [2.05, 4.69) is 28.2 Å². The number of halogens is 2. The number of anilines is 1. The van der Waals surface area contributed by atoms with E-state index in [1.165, 1.54) is 6.42 Å². The number of hydrogen-bond donors (Lipinski definition) is 1. The van der Waals surface area contributed by atoms with Crippen molar-refractivity contribution < 1.29 is 9.59 Å². The second-order valence-electron chi connectivity index (χ2n) is 6.95. The van der Waals surface area contributed by atoms with Gasteiger partial charge in [-0.15, -0.1) is 0 Å². The first-order valence-corrected chi connectivity index (χ1v) is 10.2. The number of aryl methyl sites for hydroxylation is 1. The zero-order chi connectivity index (χ0) is 19.6. The lowest BCUT2D eigenvalue weighted by atomic mass is 10.0. The number of carbonyl (C=O) groups is 2. The highest BCUT2D eigenvalue weighted by Gasteiger charge is 2.24. The smallest absolute Gasteiger partial charge is 0.256 e. The minimum atomic E-state index is -0.254. The molecule has 1 unspecified atom stereocenters. The van der Waals surface area contributed by atoms with E-state index in [9.17, 15) is 9.59 Å². The quantitative estimate of drug-likeness (QED) is 0.655. The fourth-order valence-electron chi connectivity index (χ4n) is 3.36. The molecule has 4 nitrogen and oxygen atoms in total. The Morgan fingerprint density at radius 1 is 1.19 bits per heavy atom. The molecule has 2 aromatic rings. The van der Waals surface area contributed by atoms with Crippen molar-refractivity contribution >= 4 is 45.0 Å². The SMILES string of the molecule is Cc1cc(C(=O)N2CCCCC2C)ccc1NC(=O)c1cc(Cl)ccc1Br. The van der Waals surface area contributed by atoms with Crippen LogP contribution in [0.5, 0.6) is 0 Å². The van der Waals surface area contributed by atoms with Gasteiger partial charge in [-0.05, 0) is 91.0 Å². The first-order valence-electron chi connectivity index (χ1n) is 9.05. The van der Waals surface area contributed by atoms with Gasteiger partial charge in [0.1, 0.15) is 0 Å². The van der Waals surface area contributed by atoms with Gasteiger partial charge in [-0.25, -0.2) is 0 Å². The highest BCUT2D eigenvalue weighted by Crippen LogP contribution is 2.25. The summed E-state index contributed by atoms with van der Waals surface area (Å²) in [6.45, 7) is 4.79. The van der Waals surface area contributed by atoms with Gasteiger partial charge in [-0.3, -0.25) is 9.59 Å². The maximum absolute atomic E-state index is 12.8. The number of hydrogen-bond acceptors (Lipinski definition) is 2. The summed E-state index contributed by atoms with van der Waals surface area (Å²) < 4.78 is 0.674. The molecule has 0 bridgehead atoms. The van der Waals surface area contributed by atoms with Crippen LogP contribution in [0.1, 0.15) is 52.5 Å². The van der Waals surface area contributed by atoms with Crippen LogP contribution < -0.4 is 5.32 Å². The molecule has 0 saturated carbocycles. The fraction of sp³-hybridized carbons (Fsp3) is 0.333. The normalized spacial score (nSPS) is 16.9. The Hall–Kier alpha value is -1.85. The van der Waals surface area contributed by atoms with E-state index in [0.717, 1.165) is 24.9 Å². The first-order chi connectivity index (χ1) is 12.9. The van der Waals surface area contributed by atoms with Crippen LogP contribution in [0.2, 0.25) is 5.02 Å². The van der Waals surface area contributed by atoms with Crippen molar-refractivity contribution in [3.05, 3.63) is 62.6 Å². The zero-order valence-electron chi connectivity index (χ0n) is 15.4. The number of nitrogens with zero attached hydrogens (tertiary/aromatic N) is 1. The third-order valence-corrected chi connectivity index (χ3v) is 5.89. The van der Waals surface area contributed by atoms with Gasteiger partial charge in [0, 0.05) is 33.3 Å². The molecule has 1 N–H and O–H groups in total. The summed E-state index contributed by atoms with van der Waals surface area (Å²) in [7, 11) is 0. The van der Waals surface area contributed by atoms with Gasteiger partial charge in [-0.1, -0.05) is 11.6 Å². The Morgan fingerprint density at radius 3 is 2.67 bits per heavy atom. The molecule has 1 heterocycles. The molecule has 0 aliphatic carbocycles. The van der Waals surface area contributed by atoms with Gasteiger partial charge in [-0.2, -0.15) is 0 Å². The molecule has 2 amide bonds. The zero-order valence-corrected chi connectivity index (χ0v) is 17.7. The Labute approximate surface area is 173 Å². The lowest BCUT2D eigenvalue weighted by Crippen LogP contribution is -2.42. The fourth-order valence-corrected chi connectivity index (χ4v) is 3.96. The lowest BCUT2D eigenvalue weighted by Gasteiger charge is -2.33. The Kier molecular flexibility index (Phi) is 6.22. The summed E-state index contributed by atoms with van der Waals surface area (Å²) >= 11 is 9.37. The molecule has 1 aliphatic rings. The Morgan fingerprint density at radius 2 is 1.96 bits per heavy atom. The third-order valence-electron chi connectivity index (χ3n) is 4.96. The molecular weight excluding hydrogens is 428 g/mol. The molecule has 0 aromatic heterocycles. The van der Waals surface area contributed by atoms with Gasteiger partial charge < -0.3 is 10.2 Å². The van der Waals surface area contributed by atoms with E-state index in [-0.39, 0.29) is 17.9 Å². The van der Waals surface area contributed by atoms with E-state index in [0.29, 0.717) is 26.3 Å². The number of amides is 2. The van der Waals surface area contributed by atoms with Crippen LogP contribution in [0, 0.1) is 6.92 Å². The minimum Gasteiger partial charge on any atom is -0.336 e. The van der Waals surface area contributed by atoms with E-state index >= 15 is 0 Å². The van der Waals surface area contributed by atoms with Crippen molar-refractivity contribution in [2.75, 3.05) is 11.9 Å². The number of piperidine rings is 1. The van der Waals surface area contributed by atoms with Crippen LogP contribution in [0.15, 0.2) is 40.9 Å². The largest absolute Gasteiger partial charge is 0.336 e. The van der Waals surface area contributed by atoms with Gasteiger partial charge in [0.2, 0.25) is 0 Å². The maximum Gasteiger partial charge on any atom is 0.256 e. The average molecular weight is 450 g/mol. The van der Waals surface area contributed by atoms with Crippen LogP contribution in [0.3, 0.4) is 0 Å². The van der Waals surface area contributed by atoms with Crippen molar-refractivity contribution in [3.8, 4) is 0 Å². The minimum absolute atomic E-state index is 0.0563. The molecule has 2 aromatic carbocycles. The summed E-state index contributed by atoms with van der Waals surface area (Å²) in [6, 6.07) is 10.7. The summed E-state index contributed by atoms with van der Waals surface area (Å²) in [6.07, 6.45) is 3.28. The van der Waals surface area contributed by atoms with E-state index < -0.39 is 0 Å². The highest BCUT2D eigenvalue weighted by molar-refractivity contribution is 9.10. The van der Waals surface area contributed by atoms with E-state index in [1.807, 2.05) is 17.9 Å². The number of nitrogens with one attached hydrogen (secondary N) is 1. The number of likely N-dealkylation sites (tertiary alicyclic amines) is 1. The van der Waals surface area contributed by atoms with Gasteiger partial charge in [0.25, 0.3) is 11.8 Å². The summed E-state index contributed by atoms with van der Waals surface area (Å²) in [5, 5.41) is 3.39. The van der Waals surface area contributed by atoms with Gasteiger partial charge >= 0.3 is 0 Å². The Bertz CT molecular complexity index is 884. The van der Waals surface area contributed by atoms with Crippen LogP contribution >= 0.6 is 27.5 Å². The molecule has 0 radical (unpaired) electrons. The second-order valence-corrected chi connectivity index (χ2v) is 8.24.